The number of likely N-dealkylation sites (N-methyl/N-ethyl adjacent to an activating group) is 1. The van der Waals surface area contributed by atoms with Gasteiger partial charge in [0.15, 0.2) is 23.0 Å². The highest BCUT2D eigenvalue weighted by molar-refractivity contribution is 5.57. The van der Waals surface area contributed by atoms with Crippen LogP contribution in [0, 0.1) is 0 Å². The van der Waals surface area contributed by atoms with E-state index in [9.17, 15) is 15.3 Å². The Morgan fingerprint density at radius 1 is 1.27 bits per heavy atom. The van der Waals surface area contributed by atoms with E-state index in [1.165, 1.54) is 7.11 Å². The summed E-state index contributed by atoms with van der Waals surface area (Å²) in [5.74, 6) is 1.87. The molecule has 0 radical (unpaired) electrons. The van der Waals surface area contributed by atoms with Gasteiger partial charge in [0.1, 0.15) is 0 Å². The Morgan fingerprint density at radius 2 is 2.10 bits per heavy atom. The molecule has 2 aromatic rings. The predicted octanol–water partition coefficient (Wildman–Crippen LogP) is 2.53. The van der Waals surface area contributed by atoms with Gasteiger partial charge in [0.05, 0.1) is 19.8 Å². The van der Waals surface area contributed by atoms with Crippen molar-refractivity contribution in [3.63, 3.8) is 0 Å². The summed E-state index contributed by atoms with van der Waals surface area (Å²) in [6.07, 6.45) is 2.18. The van der Waals surface area contributed by atoms with E-state index < -0.39 is 6.10 Å². The van der Waals surface area contributed by atoms with Gasteiger partial charge in [-0.15, -0.1) is 0 Å². The number of aryl methyl sites for hydroxylation is 1. The molecule has 0 bridgehead atoms. The number of rotatable bonds is 7. The van der Waals surface area contributed by atoms with Gasteiger partial charge >= 0.3 is 0 Å². The van der Waals surface area contributed by atoms with Crippen molar-refractivity contribution in [3.05, 3.63) is 46.5 Å². The van der Waals surface area contributed by atoms with Gasteiger partial charge in [0.25, 0.3) is 0 Å². The molecule has 30 heavy (non-hydrogen) atoms. The lowest BCUT2D eigenvalue weighted by Crippen LogP contribution is -2.35. The molecule has 0 aliphatic carbocycles. The van der Waals surface area contributed by atoms with Gasteiger partial charge in [-0.3, -0.25) is 4.90 Å². The third-order valence-corrected chi connectivity index (χ3v) is 6.15. The van der Waals surface area contributed by atoms with Crippen molar-refractivity contribution < 1.29 is 29.5 Å². The van der Waals surface area contributed by atoms with E-state index >= 15 is 0 Å². The van der Waals surface area contributed by atoms with Crippen LogP contribution in [0.1, 0.15) is 41.1 Å². The quantitative estimate of drug-likeness (QED) is 0.640. The van der Waals surface area contributed by atoms with E-state index in [1.807, 2.05) is 12.1 Å². The number of fused-ring (bicyclic) bond motifs is 2. The lowest BCUT2D eigenvalue weighted by molar-refractivity contribution is 0.101. The van der Waals surface area contributed by atoms with Crippen LogP contribution in [0.25, 0.3) is 0 Å². The van der Waals surface area contributed by atoms with E-state index in [2.05, 4.69) is 11.9 Å². The van der Waals surface area contributed by atoms with Crippen molar-refractivity contribution >= 4 is 0 Å². The first-order chi connectivity index (χ1) is 14.5. The molecule has 2 aliphatic rings. The lowest BCUT2D eigenvalue weighted by Gasteiger charge is -2.37. The number of methoxy groups -OCH3 is 1. The van der Waals surface area contributed by atoms with Gasteiger partial charge in [-0.2, -0.15) is 0 Å². The van der Waals surface area contributed by atoms with E-state index in [0.717, 1.165) is 35.2 Å². The molecule has 2 aliphatic heterocycles. The van der Waals surface area contributed by atoms with Gasteiger partial charge in [-0.05, 0) is 67.6 Å². The van der Waals surface area contributed by atoms with Crippen molar-refractivity contribution in [1.82, 2.24) is 4.90 Å². The number of phenolic OH excluding ortho intramolecular Hbond substituents is 1. The first kappa shape index (κ1) is 20.8. The summed E-state index contributed by atoms with van der Waals surface area (Å²) in [4.78, 5) is 2.23. The van der Waals surface area contributed by atoms with E-state index in [0.29, 0.717) is 36.5 Å². The molecule has 7 nitrogen and oxygen atoms in total. The van der Waals surface area contributed by atoms with Crippen LogP contribution in [-0.4, -0.2) is 53.8 Å². The Bertz CT molecular complexity index is 915. The van der Waals surface area contributed by atoms with Crippen LogP contribution in [-0.2, 0) is 19.4 Å². The molecule has 0 saturated carbocycles. The van der Waals surface area contributed by atoms with Crippen LogP contribution in [0.15, 0.2) is 24.3 Å². The molecule has 2 atom stereocenters. The second-order valence-corrected chi connectivity index (χ2v) is 8.00. The monoisotopic (exact) mass is 415 g/mol. The fraction of sp³-hybridized carbons (Fsp3) is 0.478. The maximum absolute atomic E-state index is 10.8. The molecule has 2 heterocycles. The Balaban J connectivity index is 1.51. The second-order valence-electron chi connectivity index (χ2n) is 8.00. The first-order valence-electron chi connectivity index (χ1n) is 10.3. The van der Waals surface area contributed by atoms with Crippen molar-refractivity contribution in [2.24, 2.45) is 0 Å². The molecule has 0 fully saturated rings. The topological polar surface area (TPSA) is 91.6 Å². The number of aliphatic hydroxyl groups excluding tert-OH is 2. The van der Waals surface area contributed by atoms with Crippen LogP contribution in [0.3, 0.4) is 0 Å². The average molecular weight is 415 g/mol. The maximum Gasteiger partial charge on any atom is 0.231 e. The molecule has 2 unspecified atom stereocenters. The zero-order chi connectivity index (χ0) is 21.3. The largest absolute Gasteiger partial charge is 0.504 e. The van der Waals surface area contributed by atoms with Crippen LogP contribution < -0.4 is 14.2 Å². The van der Waals surface area contributed by atoms with Crippen molar-refractivity contribution in [2.45, 2.75) is 44.4 Å². The molecule has 0 amide bonds. The fourth-order valence-corrected chi connectivity index (χ4v) is 4.52. The summed E-state index contributed by atoms with van der Waals surface area (Å²) in [6.45, 7) is 0.928. The molecule has 3 N–H and O–H groups in total. The van der Waals surface area contributed by atoms with Gasteiger partial charge in [-0.25, -0.2) is 0 Å². The molecule has 7 heteroatoms. The molecule has 162 valence electrons. The normalized spacial score (nSPS) is 18.9. The van der Waals surface area contributed by atoms with E-state index in [1.54, 1.807) is 12.1 Å². The van der Waals surface area contributed by atoms with Crippen molar-refractivity contribution in [2.75, 3.05) is 27.5 Å². The summed E-state index contributed by atoms with van der Waals surface area (Å²) >= 11 is 0. The Labute approximate surface area is 176 Å². The van der Waals surface area contributed by atoms with Gasteiger partial charge in [0, 0.05) is 18.2 Å². The average Bonchev–Trinajstić information content (AvgIpc) is 3.22. The van der Waals surface area contributed by atoms with Gasteiger partial charge in [-0.1, -0.05) is 6.07 Å². The lowest BCUT2D eigenvalue weighted by atomic mass is 9.85. The van der Waals surface area contributed by atoms with E-state index in [4.69, 9.17) is 14.2 Å². The minimum atomic E-state index is -0.514. The smallest absolute Gasteiger partial charge is 0.231 e. The first-order valence-corrected chi connectivity index (χ1v) is 10.3. The third-order valence-electron chi connectivity index (χ3n) is 6.15. The number of hydrogen-bond acceptors (Lipinski definition) is 7. The minimum Gasteiger partial charge on any atom is -0.504 e. The maximum atomic E-state index is 10.8. The molecule has 4 rings (SSSR count). The summed E-state index contributed by atoms with van der Waals surface area (Å²) in [7, 11) is 3.57. The number of nitrogens with zero attached hydrogens (tertiary/aromatic N) is 1. The van der Waals surface area contributed by atoms with Gasteiger partial charge in [0.2, 0.25) is 6.79 Å². The summed E-state index contributed by atoms with van der Waals surface area (Å²) in [5, 5.41) is 30.6. The van der Waals surface area contributed by atoms with Gasteiger partial charge < -0.3 is 29.5 Å². The molecular weight excluding hydrogens is 386 g/mol. The number of hydrogen-bond donors (Lipinski definition) is 3. The Kier molecular flexibility index (Phi) is 6.04. The van der Waals surface area contributed by atoms with Crippen LogP contribution in [0.2, 0.25) is 0 Å². The standard InChI is InChI=1S/C23H29NO6/c1-24-8-7-15-10-21-23(30-13-29-21)17(12-25)22(15)18(24)11-16(26)5-3-14-4-6-19(27)20(9-14)28-2/h4,6,9-10,16,18,25-27H,3,5,7-8,11-13H2,1-2H3. The number of phenols is 1. The zero-order valence-corrected chi connectivity index (χ0v) is 17.4. The highest BCUT2D eigenvalue weighted by Gasteiger charge is 2.33. The second kappa shape index (κ2) is 8.71. The molecule has 0 aromatic heterocycles. The van der Waals surface area contributed by atoms with E-state index in [-0.39, 0.29) is 25.2 Å². The minimum absolute atomic E-state index is 0.00486. The molecule has 0 spiro atoms. The Morgan fingerprint density at radius 3 is 2.87 bits per heavy atom. The number of aromatic hydroxyl groups is 1. The molecule has 2 aromatic carbocycles. The van der Waals surface area contributed by atoms with Crippen molar-refractivity contribution in [1.29, 1.82) is 0 Å². The third kappa shape index (κ3) is 3.93. The molecule has 0 saturated heterocycles. The number of aliphatic hydroxyl groups is 2. The fourth-order valence-electron chi connectivity index (χ4n) is 4.52. The predicted molar refractivity (Wildman–Crippen MR) is 111 cm³/mol. The molecular formula is C23H29NO6. The highest BCUT2D eigenvalue weighted by Crippen LogP contribution is 2.45. The SMILES string of the molecule is COc1cc(CCC(O)CC2c3c(cc4c(c3CO)OCO4)CCN2C)ccc1O. The van der Waals surface area contributed by atoms with Crippen LogP contribution in [0.5, 0.6) is 23.0 Å². The number of benzene rings is 2. The summed E-state index contributed by atoms with van der Waals surface area (Å²) in [5.41, 5.74) is 3.98. The Hall–Kier alpha value is -2.48. The number of ether oxygens (including phenoxy) is 3. The van der Waals surface area contributed by atoms with Crippen LogP contribution in [0.4, 0.5) is 0 Å². The van der Waals surface area contributed by atoms with Crippen LogP contribution >= 0.6 is 0 Å². The van der Waals surface area contributed by atoms with Crippen molar-refractivity contribution in [3.8, 4) is 23.0 Å². The zero-order valence-electron chi connectivity index (χ0n) is 17.4. The summed E-state index contributed by atoms with van der Waals surface area (Å²) < 4.78 is 16.3. The highest BCUT2D eigenvalue weighted by atomic mass is 16.7. The summed E-state index contributed by atoms with van der Waals surface area (Å²) in [6, 6.07) is 7.27.